The minimum absolute atomic E-state index is 0.0157. The second-order valence-electron chi connectivity index (χ2n) is 7.41. The highest BCUT2D eigenvalue weighted by atomic mass is 35.5. The minimum atomic E-state index is -0.811. The van der Waals surface area contributed by atoms with Crippen LogP contribution in [-0.2, 0) is 6.54 Å². The summed E-state index contributed by atoms with van der Waals surface area (Å²) >= 11 is 12.1. The van der Waals surface area contributed by atoms with Crippen molar-refractivity contribution in [3.8, 4) is 17.3 Å². The van der Waals surface area contributed by atoms with Crippen LogP contribution >= 0.6 is 23.2 Å². The molecule has 8 nitrogen and oxygen atoms in total. The van der Waals surface area contributed by atoms with Crippen molar-refractivity contribution in [2.75, 3.05) is 18.5 Å². The summed E-state index contributed by atoms with van der Waals surface area (Å²) in [5.41, 5.74) is 7.57. The van der Waals surface area contributed by atoms with E-state index in [1.54, 1.807) is 24.3 Å². The molecule has 3 N–H and O–H groups in total. The van der Waals surface area contributed by atoms with Crippen molar-refractivity contribution in [3.05, 3.63) is 69.3 Å². The van der Waals surface area contributed by atoms with Gasteiger partial charge in [0.15, 0.2) is 0 Å². The fourth-order valence-electron chi connectivity index (χ4n) is 3.75. The van der Waals surface area contributed by atoms with E-state index in [2.05, 4.69) is 10.4 Å². The molecule has 0 fully saturated rings. The van der Waals surface area contributed by atoms with E-state index in [-0.39, 0.29) is 34.9 Å². The summed E-state index contributed by atoms with van der Waals surface area (Å²) < 4.78 is 15.4. The number of aromatic nitrogens is 2. The molecule has 1 aromatic heterocycles. The number of urea groups is 1. The lowest BCUT2D eigenvalue weighted by atomic mass is 10.0. The molecule has 0 spiro atoms. The van der Waals surface area contributed by atoms with E-state index in [0.717, 1.165) is 0 Å². The number of rotatable bonds is 4. The molecule has 0 saturated heterocycles. The first-order chi connectivity index (χ1) is 15.8. The molecule has 4 rings (SSSR count). The maximum Gasteiger partial charge on any atom is 0.322 e. The van der Waals surface area contributed by atoms with Crippen LogP contribution in [0.25, 0.3) is 11.3 Å². The van der Waals surface area contributed by atoms with Crippen molar-refractivity contribution in [2.24, 2.45) is 5.73 Å². The molecule has 3 amide bonds. The Hall–Kier alpha value is -3.61. The van der Waals surface area contributed by atoms with Crippen molar-refractivity contribution in [2.45, 2.75) is 12.6 Å². The number of nitrogens with two attached hydrogens (primary N) is 1. The molecular weight excluding hydrogens is 470 g/mol. The quantitative estimate of drug-likeness (QED) is 0.568. The summed E-state index contributed by atoms with van der Waals surface area (Å²) in [7, 11) is 0. The number of halogens is 3. The van der Waals surface area contributed by atoms with Crippen LogP contribution in [0.3, 0.4) is 0 Å². The summed E-state index contributed by atoms with van der Waals surface area (Å²) in [6.07, 6.45) is 0. The maximum absolute atomic E-state index is 14.0. The lowest BCUT2D eigenvalue weighted by molar-refractivity contribution is 0.0995. The Bertz CT molecular complexity index is 1300. The summed E-state index contributed by atoms with van der Waals surface area (Å²) in [6, 6.07) is 11.8. The Kier molecular flexibility index (Phi) is 6.22. The molecular formula is C22H17Cl2FN6O2. The van der Waals surface area contributed by atoms with Gasteiger partial charge in [0, 0.05) is 22.8 Å². The number of alkyl halides is 1. The lowest BCUT2D eigenvalue weighted by Crippen LogP contribution is -2.44. The molecule has 11 heteroatoms. The van der Waals surface area contributed by atoms with Crippen molar-refractivity contribution in [1.82, 2.24) is 14.7 Å². The van der Waals surface area contributed by atoms with Gasteiger partial charge in [0.2, 0.25) is 0 Å². The largest absolute Gasteiger partial charge is 0.365 e. The molecule has 1 atom stereocenters. The standard InChI is InChI=1S/C22H17Cl2FN6O2/c23-14-3-1-2-12(6-14)20-19(21(27)32)18-11-30(10-16(8-25)31(18)29-20)22(33)28-15-5-4-13(9-26)17(24)7-15/h1-7,16H,8,10-11H2,(H2,27,32)(H,28,33)/t16-/m0/s1. The second-order valence-corrected chi connectivity index (χ2v) is 8.26. The number of hydrogen-bond acceptors (Lipinski definition) is 4. The molecule has 0 bridgehead atoms. The third-order valence-electron chi connectivity index (χ3n) is 5.28. The minimum Gasteiger partial charge on any atom is -0.365 e. The van der Waals surface area contributed by atoms with Crippen LogP contribution in [0.4, 0.5) is 14.9 Å². The Labute approximate surface area is 198 Å². The lowest BCUT2D eigenvalue weighted by Gasteiger charge is -2.33. The fourth-order valence-corrected chi connectivity index (χ4v) is 4.16. The molecule has 2 heterocycles. The topological polar surface area (TPSA) is 117 Å². The van der Waals surface area contributed by atoms with E-state index in [4.69, 9.17) is 34.2 Å². The molecule has 0 aliphatic carbocycles. The number of carbonyl (C=O) groups is 2. The van der Waals surface area contributed by atoms with E-state index >= 15 is 0 Å². The summed E-state index contributed by atoms with van der Waals surface area (Å²) in [4.78, 5) is 26.6. The zero-order valence-corrected chi connectivity index (χ0v) is 18.6. The van der Waals surface area contributed by atoms with Crippen LogP contribution in [-0.4, -0.2) is 39.8 Å². The summed E-state index contributed by atoms with van der Waals surface area (Å²) in [5.74, 6) is -0.745. The Morgan fingerprint density at radius 1 is 1.27 bits per heavy atom. The average molecular weight is 487 g/mol. The average Bonchev–Trinajstić information content (AvgIpc) is 3.18. The second kappa shape index (κ2) is 9.10. The predicted octanol–water partition coefficient (Wildman–Crippen LogP) is 4.39. The number of fused-ring (bicyclic) bond motifs is 1. The molecule has 0 radical (unpaired) electrons. The zero-order chi connectivity index (χ0) is 23.7. The molecule has 1 aliphatic rings. The first-order valence-corrected chi connectivity index (χ1v) is 10.6. The molecule has 2 aromatic carbocycles. The molecule has 168 valence electrons. The fraction of sp³-hybridized carbons (Fsp3) is 0.182. The van der Waals surface area contributed by atoms with Crippen molar-refractivity contribution < 1.29 is 14.0 Å². The monoisotopic (exact) mass is 486 g/mol. The molecule has 0 unspecified atom stereocenters. The SMILES string of the molecule is N#Cc1ccc(NC(=O)N2Cc3c(C(N)=O)c(-c4cccc(Cl)c4)nn3[C@@H](CF)C2)cc1Cl. The van der Waals surface area contributed by atoms with Crippen LogP contribution in [0.2, 0.25) is 10.0 Å². The Morgan fingerprint density at radius 3 is 2.70 bits per heavy atom. The van der Waals surface area contributed by atoms with Gasteiger partial charge in [-0.05, 0) is 30.3 Å². The zero-order valence-electron chi connectivity index (χ0n) is 17.1. The van der Waals surface area contributed by atoms with E-state index in [1.807, 2.05) is 6.07 Å². The Morgan fingerprint density at radius 2 is 2.06 bits per heavy atom. The number of benzene rings is 2. The van der Waals surface area contributed by atoms with Gasteiger partial charge in [-0.3, -0.25) is 9.48 Å². The highest BCUT2D eigenvalue weighted by Gasteiger charge is 2.34. The summed E-state index contributed by atoms with van der Waals surface area (Å²) in [5, 5.41) is 16.8. The molecule has 3 aromatic rings. The maximum atomic E-state index is 14.0. The van der Waals surface area contributed by atoms with Gasteiger partial charge < -0.3 is 16.0 Å². The molecule has 1 aliphatic heterocycles. The molecule has 33 heavy (non-hydrogen) atoms. The van der Waals surface area contributed by atoms with Crippen LogP contribution in [0.1, 0.15) is 27.7 Å². The van der Waals surface area contributed by atoms with E-state index < -0.39 is 24.7 Å². The number of primary amides is 1. The number of hydrogen-bond donors (Lipinski definition) is 2. The van der Waals surface area contributed by atoms with Gasteiger partial charge in [0.05, 0.1) is 34.4 Å². The number of carbonyl (C=O) groups excluding carboxylic acids is 2. The van der Waals surface area contributed by atoms with Crippen molar-refractivity contribution in [3.63, 3.8) is 0 Å². The van der Waals surface area contributed by atoms with Gasteiger partial charge in [-0.2, -0.15) is 10.4 Å². The van der Waals surface area contributed by atoms with Crippen molar-refractivity contribution >= 4 is 40.8 Å². The van der Waals surface area contributed by atoms with Crippen molar-refractivity contribution in [1.29, 1.82) is 5.26 Å². The van der Waals surface area contributed by atoms with E-state index in [9.17, 15) is 14.0 Å². The van der Waals surface area contributed by atoms with Crippen LogP contribution in [0, 0.1) is 11.3 Å². The number of anilines is 1. The van der Waals surface area contributed by atoms with E-state index in [1.165, 1.54) is 27.8 Å². The van der Waals surface area contributed by atoms with Gasteiger partial charge in [0.1, 0.15) is 18.4 Å². The van der Waals surface area contributed by atoms with Gasteiger partial charge in [-0.15, -0.1) is 0 Å². The van der Waals surface area contributed by atoms with Gasteiger partial charge in [0.25, 0.3) is 5.91 Å². The highest BCUT2D eigenvalue weighted by Crippen LogP contribution is 2.33. The van der Waals surface area contributed by atoms with Gasteiger partial charge in [-0.25, -0.2) is 9.18 Å². The van der Waals surface area contributed by atoms with Crippen LogP contribution in [0.15, 0.2) is 42.5 Å². The highest BCUT2D eigenvalue weighted by molar-refractivity contribution is 6.32. The molecule has 0 saturated carbocycles. The number of nitrogens with one attached hydrogen (secondary N) is 1. The third-order valence-corrected chi connectivity index (χ3v) is 5.83. The predicted molar refractivity (Wildman–Crippen MR) is 122 cm³/mol. The first-order valence-electron chi connectivity index (χ1n) is 9.81. The first kappa shape index (κ1) is 22.6. The van der Waals surface area contributed by atoms with Gasteiger partial charge >= 0.3 is 6.03 Å². The Balaban J connectivity index is 1.68. The number of amides is 3. The van der Waals surface area contributed by atoms with E-state index in [0.29, 0.717) is 22.0 Å². The number of nitriles is 1. The van der Waals surface area contributed by atoms with Crippen LogP contribution in [0.5, 0.6) is 0 Å². The summed E-state index contributed by atoms with van der Waals surface area (Å²) in [6.45, 7) is -0.805. The smallest absolute Gasteiger partial charge is 0.322 e. The third kappa shape index (κ3) is 4.35. The normalized spacial score (nSPS) is 15.0. The van der Waals surface area contributed by atoms with Crippen LogP contribution < -0.4 is 11.1 Å². The number of nitrogens with zero attached hydrogens (tertiary/aromatic N) is 4. The van der Waals surface area contributed by atoms with Gasteiger partial charge in [-0.1, -0.05) is 35.3 Å².